The molecule has 6 nitrogen and oxygen atoms in total. The molecule has 6 heteroatoms. The first-order chi connectivity index (χ1) is 9.65. The van der Waals surface area contributed by atoms with E-state index in [1.54, 1.807) is 6.07 Å². The minimum atomic E-state index is -0.413. The van der Waals surface area contributed by atoms with Crippen molar-refractivity contribution in [2.24, 2.45) is 0 Å². The molecule has 1 fully saturated rings. The molecule has 2 rings (SSSR count). The van der Waals surface area contributed by atoms with Crippen molar-refractivity contribution >= 4 is 11.4 Å². The van der Waals surface area contributed by atoms with Crippen LogP contribution in [0.2, 0.25) is 0 Å². The highest BCUT2D eigenvalue weighted by Gasteiger charge is 2.24. The van der Waals surface area contributed by atoms with Crippen molar-refractivity contribution in [1.29, 1.82) is 0 Å². The molecule has 1 N–H and O–H groups in total. The number of piperidine rings is 1. The normalized spacial score (nSPS) is 18.9. The van der Waals surface area contributed by atoms with Gasteiger partial charge in [-0.3, -0.25) is 10.1 Å². The number of hydrogen-bond donors (Lipinski definition) is 1. The van der Waals surface area contributed by atoms with Crippen LogP contribution >= 0.6 is 0 Å². The smallest absolute Gasteiger partial charge is 0.275 e. The van der Waals surface area contributed by atoms with Crippen molar-refractivity contribution < 1.29 is 14.8 Å². The second-order valence-electron chi connectivity index (χ2n) is 4.90. The molecule has 1 aromatic carbocycles. The lowest BCUT2D eigenvalue weighted by Gasteiger charge is -2.36. The predicted molar refractivity (Wildman–Crippen MR) is 76.3 cm³/mol. The van der Waals surface area contributed by atoms with Crippen LogP contribution < -0.4 is 9.64 Å². The van der Waals surface area contributed by atoms with Crippen LogP contribution in [-0.4, -0.2) is 35.8 Å². The van der Waals surface area contributed by atoms with E-state index in [9.17, 15) is 15.2 Å². The van der Waals surface area contributed by atoms with Gasteiger partial charge in [0, 0.05) is 24.4 Å². The van der Waals surface area contributed by atoms with Crippen molar-refractivity contribution in [3.05, 3.63) is 28.3 Å². The third-order valence-electron chi connectivity index (χ3n) is 3.57. The zero-order valence-corrected chi connectivity index (χ0v) is 11.6. The molecule has 1 saturated heterocycles. The fourth-order valence-corrected chi connectivity index (χ4v) is 2.62. The Bertz CT molecular complexity index is 478. The van der Waals surface area contributed by atoms with Gasteiger partial charge >= 0.3 is 0 Å². The highest BCUT2D eigenvalue weighted by molar-refractivity contribution is 5.58. The number of nitro groups is 1. The van der Waals surface area contributed by atoms with Crippen LogP contribution in [0.1, 0.15) is 26.2 Å². The summed E-state index contributed by atoms with van der Waals surface area (Å²) in [6.07, 6.45) is 3.02. The summed E-state index contributed by atoms with van der Waals surface area (Å²) in [5, 5.41) is 20.5. The Labute approximate surface area is 118 Å². The molecule has 0 radical (unpaired) electrons. The first-order valence-electron chi connectivity index (χ1n) is 6.95. The van der Waals surface area contributed by atoms with E-state index in [0.717, 1.165) is 31.5 Å². The Morgan fingerprint density at radius 3 is 2.90 bits per heavy atom. The highest BCUT2D eigenvalue weighted by Crippen LogP contribution is 2.32. The summed E-state index contributed by atoms with van der Waals surface area (Å²) in [5.74, 6) is 0.499. The third-order valence-corrected chi connectivity index (χ3v) is 3.57. The fraction of sp³-hybridized carbons (Fsp3) is 0.571. The zero-order chi connectivity index (χ0) is 14.5. The Morgan fingerprint density at radius 2 is 2.25 bits per heavy atom. The maximum absolute atomic E-state index is 11.0. The van der Waals surface area contributed by atoms with Gasteiger partial charge in [0.1, 0.15) is 5.75 Å². The summed E-state index contributed by atoms with van der Waals surface area (Å²) >= 11 is 0. The van der Waals surface area contributed by atoms with Gasteiger partial charge in [-0.2, -0.15) is 0 Å². The van der Waals surface area contributed by atoms with Crippen LogP contribution in [0.4, 0.5) is 11.4 Å². The van der Waals surface area contributed by atoms with Gasteiger partial charge in [-0.1, -0.05) is 0 Å². The molecule has 0 spiro atoms. The van der Waals surface area contributed by atoms with E-state index in [0.29, 0.717) is 12.4 Å². The number of hydrogen-bond acceptors (Lipinski definition) is 5. The fourth-order valence-electron chi connectivity index (χ4n) is 2.62. The van der Waals surface area contributed by atoms with E-state index >= 15 is 0 Å². The number of anilines is 1. The number of aliphatic hydroxyl groups is 1. The molecule has 1 aromatic rings. The molecule has 20 heavy (non-hydrogen) atoms. The molecule has 0 bridgehead atoms. The monoisotopic (exact) mass is 280 g/mol. The molecule has 1 aliphatic heterocycles. The minimum absolute atomic E-state index is 0.0215. The Kier molecular flexibility index (Phi) is 4.79. The average Bonchev–Trinajstić information content (AvgIpc) is 2.47. The number of benzene rings is 1. The van der Waals surface area contributed by atoms with E-state index in [2.05, 4.69) is 0 Å². The molecule has 110 valence electrons. The van der Waals surface area contributed by atoms with E-state index in [-0.39, 0.29) is 18.3 Å². The number of aliphatic hydroxyl groups excluding tert-OH is 1. The van der Waals surface area contributed by atoms with Gasteiger partial charge in [-0.25, -0.2) is 0 Å². The van der Waals surface area contributed by atoms with Gasteiger partial charge in [0.15, 0.2) is 0 Å². The van der Waals surface area contributed by atoms with Gasteiger partial charge in [-0.15, -0.1) is 0 Å². The maximum atomic E-state index is 11.0. The van der Waals surface area contributed by atoms with Crippen LogP contribution in [0.15, 0.2) is 18.2 Å². The first kappa shape index (κ1) is 14.6. The quantitative estimate of drug-likeness (QED) is 0.662. The van der Waals surface area contributed by atoms with Gasteiger partial charge < -0.3 is 14.7 Å². The number of nitro benzene ring substituents is 1. The summed E-state index contributed by atoms with van der Waals surface area (Å²) in [7, 11) is 0. The summed E-state index contributed by atoms with van der Waals surface area (Å²) in [6, 6.07) is 4.83. The molecular formula is C14H20N2O4. The Hall–Kier alpha value is -1.82. The van der Waals surface area contributed by atoms with Gasteiger partial charge in [-0.05, 0) is 26.2 Å². The molecule has 0 aliphatic carbocycles. The van der Waals surface area contributed by atoms with Crippen LogP contribution in [0.3, 0.4) is 0 Å². The van der Waals surface area contributed by atoms with Crippen molar-refractivity contribution in [2.75, 3.05) is 24.7 Å². The lowest BCUT2D eigenvalue weighted by atomic mass is 10.0. The van der Waals surface area contributed by atoms with Crippen LogP contribution in [0.5, 0.6) is 5.75 Å². The van der Waals surface area contributed by atoms with Crippen LogP contribution in [0.25, 0.3) is 0 Å². The molecule has 1 unspecified atom stereocenters. The molecular weight excluding hydrogens is 260 g/mol. The van der Waals surface area contributed by atoms with Gasteiger partial charge in [0.25, 0.3) is 5.69 Å². The Morgan fingerprint density at radius 1 is 1.45 bits per heavy atom. The predicted octanol–water partition coefficient (Wildman–Crippen LogP) is 2.34. The summed E-state index contributed by atoms with van der Waals surface area (Å²) in [6.45, 7) is 3.17. The third kappa shape index (κ3) is 3.19. The van der Waals surface area contributed by atoms with Crippen molar-refractivity contribution in [2.45, 2.75) is 32.2 Å². The van der Waals surface area contributed by atoms with E-state index in [1.165, 1.54) is 6.07 Å². The number of ether oxygens (including phenoxy) is 1. The van der Waals surface area contributed by atoms with E-state index < -0.39 is 4.92 Å². The van der Waals surface area contributed by atoms with Gasteiger partial charge in [0.2, 0.25) is 0 Å². The largest absolute Gasteiger partial charge is 0.494 e. The molecule has 0 amide bonds. The first-order valence-corrected chi connectivity index (χ1v) is 6.95. The SMILES string of the molecule is CCOc1cc(N2CCCCC2CO)cc([N+](=O)[O-])c1. The van der Waals surface area contributed by atoms with Crippen molar-refractivity contribution in [1.82, 2.24) is 0 Å². The number of non-ortho nitro benzene ring substituents is 1. The second-order valence-corrected chi connectivity index (χ2v) is 4.90. The lowest BCUT2D eigenvalue weighted by molar-refractivity contribution is -0.384. The lowest BCUT2D eigenvalue weighted by Crippen LogP contribution is -2.41. The van der Waals surface area contributed by atoms with Crippen LogP contribution in [0, 0.1) is 10.1 Å². The topological polar surface area (TPSA) is 75.8 Å². The maximum Gasteiger partial charge on any atom is 0.275 e. The molecule has 1 heterocycles. The molecule has 1 atom stereocenters. The summed E-state index contributed by atoms with van der Waals surface area (Å²) in [4.78, 5) is 12.7. The number of rotatable bonds is 5. The Balaban J connectivity index is 2.35. The summed E-state index contributed by atoms with van der Waals surface area (Å²) < 4.78 is 5.40. The second kappa shape index (κ2) is 6.56. The highest BCUT2D eigenvalue weighted by atomic mass is 16.6. The van der Waals surface area contributed by atoms with Gasteiger partial charge in [0.05, 0.1) is 30.2 Å². The zero-order valence-electron chi connectivity index (χ0n) is 11.6. The molecule has 0 aromatic heterocycles. The van der Waals surface area contributed by atoms with Crippen molar-refractivity contribution in [3.8, 4) is 5.75 Å². The van der Waals surface area contributed by atoms with Crippen LogP contribution in [-0.2, 0) is 0 Å². The summed E-state index contributed by atoms with van der Waals surface area (Å²) in [5.41, 5.74) is 0.773. The standard InChI is InChI=1S/C14H20N2O4/c1-2-20-14-8-12(7-13(9-14)16(18)19)15-6-4-3-5-11(15)10-17/h7-9,11,17H,2-6,10H2,1H3. The molecule has 0 saturated carbocycles. The van der Waals surface area contributed by atoms with E-state index in [1.807, 2.05) is 17.9 Å². The van der Waals surface area contributed by atoms with E-state index in [4.69, 9.17) is 4.74 Å². The number of nitrogens with zero attached hydrogens (tertiary/aromatic N) is 2. The minimum Gasteiger partial charge on any atom is -0.494 e. The molecule has 1 aliphatic rings. The van der Waals surface area contributed by atoms with Crippen molar-refractivity contribution in [3.63, 3.8) is 0 Å². The average molecular weight is 280 g/mol.